The highest BCUT2D eigenvalue weighted by atomic mass is 16.6. The number of rotatable bonds is 4. The number of likely N-dealkylation sites (tertiary alicyclic amines) is 1. The lowest BCUT2D eigenvalue weighted by Crippen LogP contribution is -2.44. The zero-order chi connectivity index (χ0) is 20.3. The SMILES string of the molecule is Cn1c(=O)ccc2nccc(CCN3CCC(OC(=O)NC(C)(C)C)CC3)c21. The van der Waals surface area contributed by atoms with E-state index in [1.165, 1.54) is 0 Å². The predicted molar refractivity (Wildman–Crippen MR) is 110 cm³/mol. The van der Waals surface area contributed by atoms with Gasteiger partial charge in [0.25, 0.3) is 5.56 Å². The minimum atomic E-state index is -0.338. The average Bonchev–Trinajstić information content (AvgIpc) is 2.62. The summed E-state index contributed by atoms with van der Waals surface area (Å²) < 4.78 is 7.21. The fourth-order valence-corrected chi connectivity index (χ4v) is 3.61. The Morgan fingerprint density at radius 3 is 2.64 bits per heavy atom. The first kappa shape index (κ1) is 20.3. The summed E-state index contributed by atoms with van der Waals surface area (Å²) in [5.74, 6) is 0. The van der Waals surface area contributed by atoms with Crippen molar-refractivity contribution >= 4 is 17.1 Å². The van der Waals surface area contributed by atoms with Crippen LogP contribution < -0.4 is 10.9 Å². The van der Waals surface area contributed by atoms with Crippen molar-refractivity contribution < 1.29 is 9.53 Å². The van der Waals surface area contributed by atoms with E-state index in [0.717, 1.165) is 55.5 Å². The molecule has 2 aromatic heterocycles. The highest BCUT2D eigenvalue weighted by molar-refractivity contribution is 5.78. The van der Waals surface area contributed by atoms with Crippen LogP contribution in [0, 0.1) is 0 Å². The van der Waals surface area contributed by atoms with Crippen molar-refractivity contribution in [2.75, 3.05) is 19.6 Å². The third-order valence-electron chi connectivity index (χ3n) is 5.07. The summed E-state index contributed by atoms with van der Waals surface area (Å²) in [4.78, 5) is 30.7. The molecule has 0 radical (unpaired) electrons. The molecule has 1 saturated heterocycles. The number of amides is 1. The number of hydrogen-bond donors (Lipinski definition) is 1. The topological polar surface area (TPSA) is 76.5 Å². The molecule has 0 unspecified atom stereocenters. The number of carbonyl (C=O) groups is 1. The molecule has 152 valence electrons. The van der Waals surface area contributed by atoms with Crippen LogP contribution in [0.5, 0.6) is 0 Å². The lowest BCUT2D eigenvalue weighted by Gasteiger charge is -2.32. The van der Waals surface area contributed by atoms with Crippen LogP contribution in [0.3, 0.4) is 0 Å². The molecule has 0 saturated carbocycles. The van der Waals surface area contributed by atoms with E-state index in [2.05, 4.69) is 15.2 Å². The number of pyridine rings is 2. The first-order chi connectivity index (χ1) is 13.2. The van der Waals surface area contributed by atoms with E-state index >= 15 is 0 Å². The smallest absolute Gasteiger partial charge is 0.407 e. The Bertz CT molecular complexity index is 893. The van der Waals surface area contributed by atoms with Crippen LogP contribution in [0.25, 0.3) is 11.0 Å². The van der Waals surface area contributed by atoms with Gasteiger partial charge in [-0.05, 0) is 57.7 Å². The summed E-state index contributed by atoms with van der Waals surface area (Å²) >= 11 is 0. The Kier molecular flexibility index (Phi) is 6.03. The molecular formula is C21H30N4O3. The maximum Gasteiger partial charge on any atom is 0.407 e. The fraction of sp³-hybridized carbons (Fsp3) is 0.571. The quantitative estimate of drug-likeness (QED) is 0.874. The minimum Gasteiger partial charge on any atom is -0.446 e. The highest BCUT2D eigenvalue weighted by Gasteiger charge is 2.24. The third kappa shape index (κ3) is 5.10. The Morgan fingerprint density at radius 1 is 1.25 bits per heavy atom. The predicted octanol–water partition coefficient (Wildman–Crippen LogP) is 2.47. The molecule has 1 fully saturated rings. The Morgan fingerprint density at radius 2 is 1.96 bits per heavy atom. The molecule has 1 amide bonds. The van der Waals surface area contributed by atoms with Gasteiger partial charge in [0.15, 0.2) is 0 Å². The number of piperidine rings is 1. The number of alkyl carbamates (subject to hydrolysis) is 1. The molecule has 0 spiro atoms. The van der Waals surface area contributed by atoms with Gasteiger partial charge in [0.05, 0.1) is 11.0 Å². The van der Waals surface area contributed by atoms with E-state index in [4.69, 9.17) is 4.74 Å². The van der Waals surface area contributed by atoms with Crippen LogP contribution in [-0.4, -0.2) is 51.8 Å². The monoisotopic (exact) mass is 386 g/mol. The zero-order valence-electron chi connectivity index (χ0n) is 17.2. The largest absolute Gasteiger partial charge is 0.446 e. The van der Waals surface area contributed by atoms with E-state index in [-0.39, 0.29) is 23.3 Å². The van der Waals surface area contributed by atoms with Gasteiger partial charge in [-0.25, -0.2) is 4.79 Å². The fourth-order valence-electron chi connectivity index (χ4n) is 3.61. The second-order valence-electron chi connectivity index (χ2n) is 8.51. The molecule has 0 bridgehead atoms. The summed E-state index contributed by atoms with van der Waals surface area (Å²) in [6, 6.07) is 5.33. The van der Waals surface area contributed by atoms with Crippen LogP contribution in [0.1, 0.15) is 39.2 Å². The Hall–Kier alpha value is -2.41. The standard InChI is InChI=1S/C21H30N4O3/c1-21(2,3)23-20(27)28-16-9-13-25(14-10-16)12-8-15-7-11-22-17-5-6-18(26)24(4)19(15)17/h5-7,11,16H,8-10,12-14H2,1-4H3,(H,23,27). The Balaban J connectivity index is 1.54. The van der Waals surface area contributed by atoms with Crippen LogP contribution in [0.4, 0.5) is 4.79 Å². The lowest BCUT2D eigenvalue weighted by atomic mass is 10.1. The van der Waals surface area contributed by atoms with Gasteiger partial charge in [-0.2, -0.15) is 0 Å². The van der Waals surface area contributed by atoms with E-state index in [9.17, 15) is 9.59 Å². The third-order valence-corrected chi connectivity index (χ3v) is 5.07. The van der Waals surface area contributed by atoms with Crippen molar-refractivity contribution in [3.63, 3.8) is 0 Å². The van der Waals surface area contributed by atoms with Crippen LogP contribution in [0.2, 0.25) is 0 Å². The van der Waals surface area contributed by atoms with E-state index in [0.29, 0.717) is 0 Å². The van der Waals surface area contributed by atoms with Gasteiger partial charge in [-0.1, -0.05) is 0 Å². The first-order valence-corrected chi connectivity index (χ1v) is 9.88. The molecule has 0 aromatic carbocycles. The maximum absolute atomic E-state index is 12.0. The average molecular weight is 386 g/mol. The first-order valence-electron chi connectivity index (χ1n) is 9.88. The van der Waals surface area contributed by atoms with Gasteiger partial charge in [0, 0.05) is 44.5 Å². The van der Waals surface area contributed by atoms with Gasteiger partial charge in [0.1, 0.15) is 6.10 Å². The van der Waals surface area contributed by atoms with Gasteiger partial charge < -0.3 is 19.5 Å². The number of ether oxygens (including phenoxy) is 1. The van der Waals surface area contributed by atoms with Crippen LogP contribution >= 0.6 is 0 Å². The summed E-state index contributed by atoms with van der Waals surface area (Å²) in [5.41, 5.74) is 2.58. The van der Waals surface area contributed by atoms with Gasteiger partial charge in [-0.3, -0.25) is 9.78 Å². The number of nitrogens with one attached hydrogen (secondary N) is 1. The van der Waals surface area contributed by atoms with Gasteiger partial charge in [0.2, 0.25) is 0 Å². The van der Waals surface area contributed by atoms with E-state index < -0.39 is 0 Å². The molecule has 1 N–H and O–H groups in total. The number of nitrogens with zero attached hydrogens (tertiary/aromatic N) is 3. The summed E-state index contributed by atoms with van der Waals surface area (Å²) in [5, 5.41) is 2.84. The van der Waals surface area contributed by atoms with E-state index in [1.807, 2.05) is 26.8 Å². The minimum absolute atomic E-state index is 0.0201. The molecule has 0 aliphatic carbocycles. The van der Waals surface area contributed by atoms with Crippen molar-refractivity contribution in [1.82, 2.24) is 19.8 Å². The van der Waals surface area contributed by atoms with Crippen molar-refractivity contribution in [2.24, 2.45) is 7.05 Å². The molecule has 7 nitrogen and oxygen atoms in total. The molecule has 1 aliphatic heterocycles. The lowest BCUT2D eigenvalue weighted by molar-refractivity contribution is 0.0475. The number of fused-ring (bicyclic) bond motifs is 1. The number of aromatic nitrogens is 2. The molecule has 3 heterocycles. The van der Waals surface area contributed by atoms with Crippen molar-refractivity contribution in [1.29, 1.82) is 0 Å². The second kappa shape index (κ2) is 8.31. The van der Waals surface area contributed by atoms with Crippen molar-refractivity contribution in [3.8, 4) is 0 Å². The van der Waals surface area contributed by atoms with Crippen molar-refractivity contribution in [2.45, 2.75) is 51.7 Å². The zero-order valence-corrected chi connectivity index (χ0v) is 17.2. The molecule has 3 rings (SSSR count). The number of carbonyl (C=O) groups excluding carboxylic acids is 1. The van der Waals surface area contributed by atoms with Crippen LogP contribution in [0.15, 0.2) is 29.2 Å². The van der Waals surface area contributed by atoms with Gasteiger partial charge >= 0.3 is 6.09 Å². The Labute approximate surface area is 165 Å². The molecule has 1 aliphatic rings. The number of hydrogen-bond acceptors (Lipinski definition) is 5. The van der Waals surface area contributed by atoms with Crippen LogP contribution in [-0.2, 0) is 18.2 Å². The molecular weight excluding hydrogens is 356 g/mol. The van der Waals surface area contributed by atoms with Crippen molar-refractivity contribution in [3.05, 3.63) is 40.3 Å². The second-order valence-corrected chi connectivity index (χ2v) is 8.51. The normalized spacial score (nSPS) is 16.3. The van der Waals surface area contributed by atoms with E-state index in [1.54, 1.807) is 29.9 Å². The number of aryl methyl sites for hydroxylation is 1. The molecule has 7 heteroatoms. The summed E-state index contributed by atoms with van der Waals surface area (Å²) in [7, 11) is 1.79. The molecule has 0 atom stereocenters. The maximum atomic E-state index is 12.0. The summed E-state index contributed by atoms with van der Waals surface area (Å²) in [6.07, 6.45) is 3.97. The molecule has 2 aromatic rings. The summed E-state index contributed by atoms with van der Waals surface area (Å²) in [6.45, 7) is 8.52. The highest BCUT2D eigenvalue weighted by Crippen LogP contribution is 2.18. The molecule has 28 heavy (non-hydrogen) atoms. The van der Waals surface area contributed by atoms with Gasteiger partial charge in [-0.15, -0.1) is 0 Å².